The van der Waals surface area contributed by atoms with E-state index in [1.165, 1.54) is 6.07 Å². The van der Waals surface area contributed by atoms with Crippen molar-refractivity contribution in [3.8, 4) is 5.75 Å². The summed E-state index contributed by atoms with van der Waals surface area (Å²) in [6.07, 6.45) is 1.84. The number of halogens is 1. The van der Waals surface area contributed by atoms with E-state index in [4.69, 9.17) is 10.5 Å². The lowest BCUT2D eigenvalue weighted by Crippen LogP contribution is -2.45. The van der Waals surface area contributed by atoms with Crippen LogP contribution in [0.15, 0.2) is 18.2 Å². The van der Waals surface area contributed by atoms with E-state index >= 15 is 0 Å². The van der Waals surface area contributed by atoms with Crippen LogP contribution in [0.5, 0.6) is 5.75 Å². The molecule has 1 saturated heterocycles. The topological polar surface area (TPSA) is 47.3 Å². The van der Waals surface area contributed by atoms with Gasteiger partial charge in [0, 0.05) is 17.5 Å². The maximum Gasteiger partial charge on any atom is 0.123 e. The molecule has 1 heterocycles. The largest absolute Gasteiger partial charge is 0.496 e. The van der Waals surface area contributed by atoms with Crippen LogP contribution in [-0.4, -0.2) is 26.7 Å². The second-order valence-electron chi connectivity index (χ2n) is 4.58. The van der Waals surface area contributed by atoms with Crippen LogP contribution < -0.4 is 15.8 Å². The first-order chi connectivity index (χ1) is 8.22. The van der Waals surface area contributed by atoms with Crippen molar-refractivity contribution < 1.29 is 9.13 Å². The van der Waals surface area contributed by atoms with E-state index in [2.05, 4.69) is 5.32 Å². The van der Waals surface area contributed by atoms with E-state index in [0.717, 1.165) is 37.2 Å². The highest BCUT2D eigenvalue weighted by Gasteiger charge is 2.35. The Morgan fingerprint density at radius 3 is 2.71 bits per heavy atom. The third-order valence-corrected chi connectivity index (χ3v) is 3.68. The van der Waals surface area contributed by atoms with Gasteiger partial charge in [0.15, 0.2) is 0 Å². The summed E-state index contributed by atoms with van der Waals surface area (Å²) in [5, 5.41) is 3.31. The Morgan fingerprint density at radius 2 is 2.12 bits per heavy atom. The van der Waals surface area contributed by atoms with Gasteiger partial charge in [-0.15, -0.1) is 0 Å². The van der Waals surface area contributed by atoms with Crippen LogP contribution in [0, 0.1) is 5.82 Å². The second-order valence-corrected chi connectivity index (χ2v) is 4.58. The molecule has 1 aromatic carbocycles. The van der Waals surface area contributed by atoms with Gasteiger partial charge in [0.25, 0.3) is 0 Å². The molecule has 1 aliphatic heterocycles. The minimum absolute atomic E-state index is 0.154. The summed E-state index contributed by atoms with van der Waals surface area (Å²) >= 11 is 0. The van der Waals surface area contributed by atoms with Crippen molar-refractivity contribution in [1.82, 2.24) is 5.32 Å². The maximum atomic E-state index is 13.4. The minimum Gasteiger partial charge on any atom is -0.496 e. The summed E-state index contributed by atoms with van der Waals surface area (Å²) in [6, 6.07) is 4.68. The number of piperidine rings is 1. The smallest absolute Gasteiger partial charge is 0.123 e. The third kappa shape index (κ3) is 2.28. The lowest BCUT2D eigenvalue weighted by atomic mass is 9.73. The Bertz CT molecular complexity index is 389. The van der Waals surface area contributed by atoms with Crippen LogP contribution >= 0.6 is 0 Å². The highest BCUT2D eigenvalue weighted by molar-refractivity contribution is 5.41. The highest BCUT2D eigenvalue weighted by Crippen LogP contribution is 2.38. The summed E-state index contributed by atoms with van der Waals surface area (Å²) < 4.78 is 18.8. The molecule has 0 spiro atoms. The first-order valence-electron chi connectivity index (χ1n) is 5.97. The zero-order valence-electron chi connectivity index (χ0n) is 10.1. The van der Waals surface area contributed by atoms with Crippen molar-refractivity contribution in [2.45, 2.75) is 18.3 Å². The number of nitrogens with one attached hydrogen (secondary N) is 1. The molecule has 94 valence electrons. The Labute approximate surface area is 101 Å². The van der Waals surface area contributed by atoms with E-state index in [1.54, 1.807) is 19.2 Å². The quantitative estimate of drug-likeness (QED) is 0.837. The average Bonchev–Trinajstić information content (AvgIpc) is 2.39. The molecule has 0 saturated carbocycles. The van der Waals surface area contributed by atoms with Crippen LogP contribution in [0.2, 0.25) is 0 Å². The first-order valence-corrected chi connectivity index (χ1v) is 5.97. The van der Waals surface area contributed by atoms with Crippen molar-refractivity contribution in [2.75, 3.05) is 26.7 Å². The Hall–Kier alpha value is -1.13. The third-order valence-electron chi connectivity index (χ3n) is 3.68. The fraction of sp³-hybridized carbons (Fsp3) is 0.538. The van der Waals surface area contributed by atoms with Crippen LogP contribution in [-0.2, 0) is 5.41 Å². The molecule has 2 rings (SSSR count). The van der Waals surface area contributed by atoms with Gasteiger partial charge >= 0.3 is 0 Å². The molecule has 1 fully saturated rings. The van der Waals surface area contributed by atoms with Gasteiger partial charge in [0.2, 0.25) is 0 Å². The Kier molecular flexibility index (Phi) is 3.64. The molecular weight excluding hydrogens is 219 g/mol. The van der Waals surface area contributed by atoms with Crippen molar-refractivity contribution >= 4 is 0 Å². The van der Waals surface area contributed by atoms with Gasteiger partial charge in [-0.25, -0.2) is 4.39 Å². The van der Waals surface area contributed by atoms with Crippen LogP contribution in [0.3, 0.4) is 0 Å². The molecule has 1 aliphatic rings. The lowest BCUT2D eigenvalue weighted by molar-refractivity contribution is 0.299. The normalized spacial score (nSPS) is 19.0. The molecule has 0 amide bonds. The van der Waals surface area contributed by atoms with Crippen molar-refractivity contribution in [1.29, 1.82) is 0 Å². The standard InChI is InChI=1S/C13H19FN2O/c1-17-12-3-2-10(14)8-11(12)13(9-15)4-6-16-7-5-13/h2-3,8,16H,4-7,9,15H2,1H3. The molecule has 4 heteroatoms. The van der Waals surface area contributed by atoms with E-state index in [-0.39, 0.29) is 11.2 Å². The number of rotatable bonds is 3. The molecule has 0 bridgehead atoms. The molecule has 0 aliphatic carbocycles. The van der Waals surface area contributed by atoms with Crippen molar-refractivity contribution in [3.63, 3.8) is 0 Å². The van der Waals surface area contributed by atoms with Gasteiger partial charge in [-0.2, -0.15) is 0 Å². The first kappa shape index (κ1) is 12.3. The number of benzene rings is 1. The van der Waals surface area contributed by atoms with E-state index in [1.807, 2.05) is 0 Å². The van der Waals surface area contributed by atoms with Gasteiger partial charge < -0.3 is 15.8 Å². The molecule has 0 unspecified atom stereocenters. The molecule has 0 aromatic heterocycles. The van der Waals surface area contributed by atoms with Gasteiger partial charge in [-0.05, 0) is 44.1 Å². The minimum atomic E-state index is -0.229. The van der Waals surface area contributed by atoms with Crippen molar-refractivity contribution in [2.24, 2.45) is 5.73 Å². The fourth-order valence-corrected chi connectivity index (χ4v) is 2.58. The summed E-state index contributed by atoms with van der Waals surface area (Å²) in [5.41, 5.74) is 6.69. The van der Waals surface area contributed by atoms with Crippen LogP contribution in [0.4, 0.5) is 4.39 Å². The monoisotopic (exact) mass is 238 g/mol. The lowest BCUT2D eigenvalue weighted by Gasteiger charge is -2.38. The second kappa shape index (κ2) is 5.02. The number of hydrogen-bond acceptors (Lipinski definition) is 3. The number of nitrogens with two attached hydrogens (primary N) is 1. The zero-order chi connectivity index (χ0) is 12.3. The van der Waals surface area contributed by atoms with Gasteiger partial charge in [-0.1, -0.05) is 0 Å². The van der Waals surface area contributed by atoms with Crippen molar-refractivity contribution in [3.05, 3.63) is 29.6 Å². The molecule has 0 radical (unpaired) electrons. The van der Waals surface area contributed by atoms with E-state index in [0.29, 0.717) is 6.54 Å². The summed E-state index contributed by atoms with van der Waals surface area (Å²) in [5.74, 6) is 0.505. The summed E-state index contributed by atoms with van der Waals surface area (Å²) in [7, 11) is 1.61. The SMILES string of the molecule is COc1ccc(F)cc1C1(CN)CCNCC1. The Morgan fingerprint density at radius 1 is 1.41 bits per heavy atom. The number of hydrogen-bond donors (Lipinski definition) is 2. The van der Waals surface area contributed by atoms with Crippen LogP contribution in [0.25, 0.3) is 0 Å². The maximum absolute atomic E-state index is 13.4. The molecule has 17 heavy (non-hydrogen) atoms. The molecule has 1 aromatic rings. The number of ether oxygens (including phenoxy) is 1. The number of methoxy groups -OCH3 is 1. The molecular formula is C13H19FN2O. The molecule has 3 N–H and O–H groups in total. The molecule has 3 nitrogen and oxygen atoms in total. The Balaban J connectivity index is 2.44. The van der Waals surface area contributed by atoms with Gasteiger partial charge in [0.05, 0.1) is 7.11 Å². The predicted octanol–water partition coefficient (Wildman–Crippen LogP) is 1.41. The van der Waals surface area contributed by atoms with Gasteiger partial charge in [-0.3, -0.25) is 0 Å². The summed E-state index contributed by atoms with van der Waals surface area (Å²) in [4.78, 5) is 0. The van der Waals surface area contributed by atoms with E-state index in [9.17, 15) is 4.39 Å². The van der Waals surface area contributed by atoms with Gasteiger partial charge in [0.1, 0.15) is 11.6 Å². The summed E-state index contributed by atoms with van der Waals surface area (Å²) in [6.45, 7) is 2.35. The zero-order valence-corrected chi connectivity index (χ0v) is 10.1. The fourth-order valence-electron chi connectivity index (χ4n) is 2.58. The predicted molar refractivity (Wildman–Crippen MR) is 65.8 cm³/mol. The van der Waals surface area contributed by atoms with Crippen LogP contribution in [0.1, 0.15) is 18.4 Å². The van der Waals surface area contributed by atoms with E-state index < -0.39 is 0 Å². The molecule has 0 atom stereocenters. The highest BCUT2D eigenvalue weighted by atomic mass is 19.1. The average molecular weight is 238 g/mol.